The second kappa shape index (κ2) is 4.52. The second-order valence-corrected chi connectivity index (χ2v) is 4.30. The highest BCUT2D eigenvalue weighted by atomic mass is 16.4. The van der Waals surface area contributed by atoms with Crippen molar-refractivity contribution in [3.05, 3.63) is 41.5 Å². The van der Waals surface area contributed by atoms with E-state index in [4.69, 9.17) is 5.11 Å². The average Bonchev–Trinajstić information content (AvgIpc) is 2.81. The van der Waals surface area contributed by atoms with E-state index in [0.29, 0.717) is 0 Å². The Bertz CT molecular complexity index is 415. The molecule has 84 valence electrons. The molecule has 1 N–H and O–H groups in total. The SMILES string of the molecule is CC(C(=O)O)c1ccc(C2=CCCC2)cc1. The van der Waals surface area contributed by atoms with E-state index in [0.717, 1.165) is 12.0 Å². The maximum absolute atomic E-state index is 10.8. The molecule has 2 nitrogen and oxygen atoms in total. The van der Waals surface area contributed by atoms with Gasteiger partial charge in [-0.15, -0.1) is 0 Å². The summed E-state index contributed by atoms with van der Waals surface area (Å²) in [5, 5.41) is 8.90. The van der Waals surface area contributed by atoms with Gasteiger partial charge in [-0.1, -0.05) is 30.3 Å². The molecule has 0 saturated carbocycles. The van der Waals surface area contributed by atoms with Crippen LogP contribution in [-0.2, 0) is 4.79 Å². The molecule has 0 saturated heterocycles. The lowest BCUT2D eigenvalue weighted by Crippen LogP contribution is -2.07. The zero-order valence-corrected chi connectivity index (χ0v) is 9.44. The van der Waals surface area contributed by atoms with Crippen LogP contribution in [0.3, 0.4) is 0 Å². The Kier molecular flexibility index (Phi) is 3.09. The number of rotatable bonds is 3. The van der Waals surface area contributed by atoms with Crippen LogP contribution in [0.1, 0.15) is 43.2 Å². The van der Waals surface area contributed by atoms with E-state index >= 15 is 0 Å². The molecule has 0 fully saturated rings. The Morgan fingerprint density at radius 1 is 1.31 bits per heavy atom. The lowest BCUT2D eigenvalue weighted by Gasteiger charge is -2.08. The van der Waals surface area contributed by atoms with Gasteiger partial charge in [0, 0.05) is 0 Å². The standard InChI is InChI=1S/C14H16O2/c1-10(14(15)16)11-6-8-13(9-7-11)12-4-2-3-5-12/h4,6-10H,2-3,5H2,1H3,(H,15,16). The fraction of sp³-hybridized carbons (Fsp3) is 0.357. The van der Waals surface area contributed by atoms with Crippen LogP contribution in [0.2, 0.25) is 0 Å². The zero-order valence-electron chi connectivity index (χ0n) is 9.44. The highest BCUT2D eigenvalue weighted by Gasteiger charge is 2.14. The maximum atomic E-state index is 10.8. The highest BCUT2D eigenvalue weighted by Crippen LogP contribution is 2.28. The Balaban J connectivity index is 2.19. The molecule has 0 heterocycles. The normalized spacial score (nSPS) is 16.9. The Morgan fingerprint density at radius 2 is 2.00 bits per heavy atom. The molecular weight excluding hydrogens is 200 g/mol. The summed E-state index contributed by atoms with van der Waals surface area (Å²) in [4.78, 5) is 10.8. The summed E-state index contributed by atoms with van der Waals surface area (Å²) in [6, 6.07) is 7.92. The molecular formula is C14H16O2. The lowest BCUT2D eigenvalue weighted by atomic mass is 9.97. The third-order valence-electron chi connectivity index (χ3n) is 3.19. The van der Waals surface area contributed by atoms with Gasteiger partial charge in [-0.3, -0.25) is 4.79 Å². The van der Waals surface area contributed by atoms with Crippen molar-refractivity contribution >= 4 is 11.5 Å². The quantitative estimate of drug-likeness (QED) is 0.840. The van der Waals surface area contributed by atoms with Crippen LogP contribution < -0.4 is 0 Å². The molecule has 0 aromatic heterocycles. The number of aliphatic carboxylic acids is 1. The van der Waals surface area contributed by atoms with E-state index in [-0.39, 0.29) is 0 Å². The van der Waals surface area contributed by atoms with Gasteiger partial charge in [0.2, 0.25) is 0 Å². The van der Waals surface area contributed by atoms with Crippen LogP contribution >= 0.6 is 0 Å². The first-order chi connectivity index (χ1) is 7.68. The predicted octanol–water partition coefficient (Wildman–Crippen LogP) is 3.44. The van der Waals surface area contributed by atoms with Gasteiger partial charge in [0.15, 0.2) is 0 Å². The second-order valence-electron chi connectivity index (χ2n) is 4.30. The van der Waals surface area contributed by atoms with Crippen LogP contribution in [0, 0.1) is 0 Å². The zero-order chi connectivity index (χ0) is 11.5. The molecule has 0 radical (unpaired) electrons. The number of carbonyl (C=O) groups is 1. The third kappa shape index (κ3) is 2.16. The third-order valence-corrected chi connectivity index (χ3v) is 3.19. The van der Waals surface area contributed by atoms with E-state index in [1.54, 1.807) is 6.92 Å². The van der Waals surface area contributed by atoms with Gasteiger partial charge >= 0.3 is 5.97 Å². The summed E-state index contributed by atoms with van der Waals surface area (Å²) >= 11 is 0. The minimum Gasteiger partial charge on any atom is -0.481 e. The maximum Gasteiger partial charge on any atom is 0.310 e. The number of carboxylic acid groups (broad SMARTS) is 1. The average molecular weight is 216 g/mol. The first kappa shape index (κ1) is 10.9. The molecule has 1 atom stereocenters. The molecule has 1 aliphatic carbocycles. The van der Waals surface area contributed by atoms with Gasteiger partial charge in [0.25, 0.3) is 0 Å². The molecule has 2 rings (SSSR count). The van der Waals surface area contributed by atoms with Crippen molar-refractivity contribution in [2.75, 3.05) is 0 Å². The number of hydrogen-bond donors (Lipinski definition) is 1. The van der Waals surface area contributed by atoms with E-state index in [1.165, 1.54) is 24.0 Å². The molecule has 1 aliphatic rings. The van der Waals surface area contributed by atoms with Crippen LogP contribution in [0.15, 0.2) is 30.3 Å². The van der Waals surface area contributed by atoms with Crippen LogP contribution in [0.4, 0.5) is 0 Å². The molecule has 1 aromatic carbocycles. The molecule has 1 unspecified atom stereocenters. The van der Waals surface area contributed by atoms with Crippen molar-refractivity contribution in [1.29, 1.82) is 0 Å². The largest absolute Gasteiger partial charge is 0.481 e. The van der Waals surface area contributed by atoms with Gasteiger partial charge in [-0.2, -0.15) is 0 Å². The van der Waals surface area contributed by atoms with Crippen molar-refractivity contribution < 1.29 is 9.90 Å². The number of benzene rings is 1. The molecule has 0 spiro atoms. The topological polar surface area (TPSA) is 37.3 Å². The summed E-state index contributed by atoms with van der Waals surface area (Å²) in [6.45, 7) is 1.71. The summed E-state index contributed by atoms with van der Waals surface area (Å²) in [5.41, 5.74) is 3.50. The summed E-state index contributed by atoms with van der Waals surface area (Å²) in [5.74, 6) is -1.19. The van der Waals surface area contributed by atoms with Crippen molar-refractivity contribution in [2.45, 2.75) is 32.1 Å². The van der Waals surface area contributed by atoms with E-state index in [9.17, 15) is 4.79 Å². The number of carboxylic acids is 1. The van der Waals surface area contributed by atoms with E-state index < -0.39 is 11.9 Å². The summed E-state index contributed by atoms with van der Waals surface area (Å²) < 4.78 is 0. The van der Waals surface area contributed by atoms with Crippen molar-refractivity contribution in [3.63, 3.8) is 0 Å². The first-order valence-corrected chi connectivity index (χ1v) is 5.70. The molecule has 0 bridgehead atoms. The van der Waals surface area contributed by atoms with E-state index in [1.807, 2.05) is 24.3 Å². The highest BCUT2D eigenvalue weighted by molar-refractivity contribution is 5.76. The molecule has 2 heteroatoms. The van der Waals surface area contributed by atoms with Gasteiger partial charge in [-0.25, -0.2) is 0 Å². The Labute approximate surface area is 95.6 Å². The van der Waals surface area contributed by atoms with Crippen molar-refractivity contribution in [1.82, 2.24) is 0 Å². The minimum absolute atomic E-state index is 0.424. The lowest BCUT2D eigenvalue weighted by molar-refractivity contribution is -0.138. The number of hydrogen-bond acceptors (Lipinski definition) is 1. The predicted molar refractivity (Wildman–Crippen MR) is 64.3 cm³/mol. The molecule has 1 aromatic rings. The summed E-state index contributed by atoms with van der Waals surface area (Å²) in [7, 11) is 0. The smallest absolute Gasteiger partial charge is 0.310 e. The first-order valence-electron chi connectivity index (χ1n) is 5.70. The van der Waals surface area contributed by atoms with Gasteiger partial charge in [0.05, 0.1) is 5.92 Å². The van der Waals surface area contributed by atoms with Crippen LogP contribution in [-0.4, -0.2) is 11.1 Å². The Hall–Kier alpha value is -1.57. The minimum atomic E-state index is -0.771. The molecule has 16 heavy (non-hydrogen) atoms. The Morgan fingerprint density at radius 3 is 2.50 bits per heavy atom. The molecule has 0 aliphatic heterocycles. The van der Waals surface area contributed by atoms with Crippen LogP contribution in [0.25, 0.3) is 5.57 Å². The van der Waals surface area contributed by atoms with E-state index in [2.05, 4.69) is 6.08 Å². The fourth-order valence-corrected chi connectivity index (χ4v) is 2.06. The molecule has 0 amide bonds. The van der Waals surface area contributed by atoms with Gasteiger partial charge < -0.3 is 5.11 Å². The summed E-state index contributed by atoms with van der Waals surface area (Å²) in [6.07, 6.45) is 5.83. The monoisotopic (exact) mass is 216 g/mol. The van der Waals surface area contributed by atoms with Gasteiger partial charge in [-0.05, 0) is 42.9 Å². The number of allylic oxidation sites excluding steroid dienone is 2. The van der Waals surface area contributed by atoms with Gasteiger partial charge in [0.1, 0.15) is 0 Å². The van der Waals surface area contributed by atoms with Crippen molar-refractivity contribution in [2.24, 2.45) is 0 Å². The van der Waals surface area contributed by atoms with Crippen molar-refractivity contribution in [3.8, 4) is 0 Å². The van der Waals surface area contributed by atoms with Crippen LogP contribution in [0.5, 0.6) is 0 Å². The fourth-order valence-electron chi connectivity index (χ4n) is 2.06.